The van der Waals surface area contributed by atoms with Gasteiger partial charge in [-0.15, -0.1) is 11.3 Å². The second-order valence-electron chi connectivity index (χ2n) is 1.08. The van der Waals surface area contributed by atoms with Crippen LogP contribution in [-0.4, -0.2) is 0 Å². The minimum Gasteiger partial charge on any atom is -0.326 e. The molecule has 0 aliphatic rings. The molecule has 7 heavy (non-hydrogen) atoms. The van der Waals surface area contributed by atoms with Crippen molar-refractivity contribution >= 4 is 11.3 Å². The molecule has 0 saturated carbocycles. The van der Waals surface area contributed by atoms with Crippen molar-refractivity contribution in [3.05, 3.63) is 22.3 Å². The van der Waals surface area contributed by atoms with Gasteiger partial charge in [-0.1, -0.05) is 6.04 Å². The van der Waals surface area contributed by atoms with Crippen LogP contribution in [0.25, 0.3) is 0 Å². The number of rotatable bonds is 1. The maximum atomic E-state index is 7.24. The highest BCUT2D eigenvalue weighted by atomic mass is 32.1. The van der Waals surface area contributed by atoms with Crippen LogP contribution in [0.1, 0.15) is 8.99 Å². The van der Waals surface area contributed by atoms with E-state index in [0.717, 1.165) is 11.3 Å². The molecule has 0 atom stereocenters. The van der Waals surface area contributed by atoms with Crippen LogP contribution in [0.15, 0.2) is 17.4 Å². The summed E-state index contributed by atoms with van der Waals surface area (Å²) in [6.45, 7) is 0.258. The van der Waals surface area contributed by atoms with Crippen molar-refractivity contribution in [2.45, 2.75) is 6.54 Å². The van der Waals surface area contributed by atoms with Crippen LogP contribution in [0.3, 0.4) is 0 Å². The second-order valence-corrected chi connectivity index (χ2v) is 1.98. The second kappa shape index (κ2) is 2.09. The van der Waals surface area contributed by atoms with E-state index < -0.39 is 0 Å². The molecule has 0 amide bonds. The Labute approximate surface area is 51.0 Å². The highest BCUT2D eigenvalue weighted by Crippen LogP contribution is 2.05. The average Bonchev–Trinajstić information content (AvgIpc) is 2.17. The third-order valence-electron chi connectivity index (χ3n) is 0.613. The fraction of sp³-hybridized carbons (Fsp3) is 0.200. The van der Waals surface area contributed by atoms with Crippen molar-refractivity contribution in [1.82, 2.24) is 0 Å². The van der Waals surface area contributed by atoms with Gasteiger partial charge in [-0.05, 0) is 11.4 Å². The quantitative estimate of drug-likeness (QED) is 0.586. The molecule has 0 aromatic carbocycles. The molecule has 0 aliphatic carbocycles. The Balaban J connectivity index is 3.17. The van der Waals surface area contributed by atoms with E-state index in [1.807, 2.05) is 0 Å². The van der Waals surface area contributed by atoms with Crippen molar-refractivity contribution in [3.8, 4) is 0 Å². The van der Waals surface area contributed by atoms with E-state index >= 15 is 0 Å². The van der Waals surface area contributed by atoms with Gasteiger partial charge >= 0.3 is 0 Å². The van der Waals surface area contributed by atoms with Gasteiger partial charge in [0, 0.05) is 11.4 Å². The minimum absolute atomic E-state index is 0.00884. The van der Waals surface area contributed by atoms with Crippen LogP contribution in [0.2, 0.25) is 0 Å². The smallest absolute Gasteiger partial charge is 0.0740 e. The molecule has 1 aromatic heterocycles. The summed E-state index contributed by atoms with van der Waals surface area (Å²) in [4.78, 5) is 0.620. The van der Waals surface area contributed by atoms with Gasteiger partial charge in [-0.2, -0.15) is 0 Å². The summed E-state index contributed by atoms with van der Waals surface area (Å²) in [5.41, 5.74) is 5.26. The third-order valence-corrected chi connectivity index (χ3v) is 1.33. The molecule has 2 N–H and O–H groups in total. The first-order valence-electron chi connectivity index (χ1n) is 3.42. The lowest BCUT2D eigenvalue weighted by Crippen LogP contribution is -1.90. The van der Waals surface area contributed by atoms with E-state index in [0.29, 0.717) is 4.88 Å². The molecular formula is C5H7NS. The maximum absolute atomic E-state index is 7.24. The van der Waals surface area contributed by atoms with Crippen LogP contribution in [-0.2, 0) is 6.54 Å². The van der Waals surface area contributed by atoms with Gasteiger partial charge in [-0.3, -0.25) is 0 Å². The summed E-state index contributed by atoms with van der Waals surface area (Å²) in [6.07, 6.45) is 0. The maximum Gasteiger partial charge on any atom is 0.0740 e. The molecule has 0 aliphatic heterocycles. The number of hydrogen-bond donors (Lipinski definition) is 1. The first-order chi connectivity index (χ1) is 4.66. The molecule has 1 rings (SSSR count). The predicted octanol–water partition coefficient (Wildman–Crippen LogP) is 1.21. The molecule has 38 valence electrons. The molecular weight excluding hydrogens is 106 g/mol. The first kappa shape index (κ1) is 2.29. The molecule has 0 spiro atoms. The Bertz CT molecular complexity index is 245. The summed E-state index contributed by atoms with van der Waals surface area (Å²) in [5.74, 6) is 0. The molecule has 1 heterocycles. The van der Waals surface area contributed by atoms with E-state index in [2.05, 4.69) is 0 Å². The van der Waals surface area contributed by atoms with Crippen LogP contribution in [0, 0.1) is 0 Å². The Hall–Kier alpha value is -0.340. The van der Waals surface area contributed by atoms with Crippen molar-refractivity contribution < 1.29 is 4.11 Å². The fourth-order valence-corrected chi connectivity index (χ4v) is 0.711. The minimum atomic E-state index is -0.00884. The van der Waals surface area contributed by atoms with Crippen LogP contribution >= 0.6 is 11.3 Å². The Morgan fingerprint density at radius 2 is 2.86 bits per heavy atom. The summed E-state index contributed by atoms with van der Waals surface area (Å²) >= 11 is 1.11. The van der Waals surface area contributed by atoms with E-state index in [1.165, 1.54) is 0 Å². The zero-order chi connectivity index (χ0) is 7.72. The largest absolute Gasteiger partial charge is 0.326 e. The van der Waals surface area contributed by atoms with Crippen LogP contribution in [0.4, 0.5) is 0 Å². The number of hydrogen-bond acceptors (Lipinski definition) is 2. The predicted molar refractivity (Wildman–Crippen MR) is 32.2 cm³/mol. The van der Waals surface area contributed by atoms with Gasteiger partial charge in [0.05, 0.1) is 4.11 Å². The van der Waals surface area contributed by atoms with E-state index in [4.69, 9.17) is 9.85 Å². The van der Waals surface area contributed by atoms with Gasteiger partial charge in [0.15, 0.2) is 0 Å². The van der Waals surface area contributed by atoms with Crippen LogP contribution < -0.4 is 5.73 Å². The van der Waals surface area contributed by atoms with Gasteiger partial charge in [0.1, 0.15) is 0 Å². The molecule has 1 aromatic rings. The molecule has 0 unspecified atom stereocenters. The Kier molecular flexibility index (Phi) is 0.684. The summed E-state index contributed by atoms with van der Waals surface area (Å²) < 4.78 is 21.5. The monoisotopic (exact) mass is 116 g/mol. The van der Waals surface area contributed by atoms with Crippen molar-refractivity contribution in [3.63, 3.8) is 0 Å². The molecule has 0 saturated heterocycles. The van der Waals surface area contributed by atoms with Crippen molar-refractivity contribution in [1.29, 1.82) is 0 Å². The third kappa shape index (κ3) is 1.01. The highest BCUT2D eigenvalue weighted by molar-refractivity contribution is 7.09. The van der Waals surface area contributed by atoms with Gasteiger partial charge in [-0.25, -0.2) is 0 Å². The van der Waals surface area contributed by atoms with E-state index in [1.54, 1.807) is 0 Å². The van der Waals surface area contributed by atoms with Crippen molar-refractivity contribution in [2.75, 3.05) is 0 Å². The standard InChI is InChI=1S/C5H7NS/c6-4-5-2-1-3-7-5/h1-3H,4,6H2/i1D,2D,3D. The van der Waals surface area contributed by atoms with Gasteiger partial charge < -0.3 is 5.73 Å². The topological polar surface area (TPSA) is 26.0 Å². The average molecular weight is 116 g/mol. The summed E-state index contributed by atoms with van der Waals surface area (Å²) in [7, 11) is 0. The lowest BCUT2D eigenvalue weighted by Gasteiger charge is -1.79. The highest BCUT2D eigenvalue weighted by Gasteiger charge is 1.82. The molecule has 0 fully saturated rings. The zero-order valence-electron chi connectivity index (χ0n) is 6.69. The van der Waals surface area contributed by atoms with Gasteiger partial charge in [0.25, 0.3) is 0 Å². The molecule has 0 radical (unpaired) electrons. The zero-order valence-corrected chi connectivity index (χ0v) is 4.51. The molecule has 1 nitrogen and oxygen atoms in total. The summed E-state index contributed by atoms with van der Waals surface area (Å²) in [6, 6.07) is 0.1000. The lowest BCUT2D eigenvalue weighted by atomic mass is 10.5. The van der Waals surface area contributed by atoms with Gasteiger partial charge in [0.2, 0.25) is 0 Å². The normalized spacial score (nSPS) is 15.3. The Morgan fingerprint density at radius 1 is 2.00 bits per heavy atom. The van der Waals surface area contributed by atoms with Crippen LogP contribution in [0.5, 0.6) is 0 Å². The van der Waals surface area contributed by atoms with Crippen molar-refractivity contribution in [2.24, 2.45) is 5.73 Å². The number of nitrogens with two attached hydrogens (primary N) is 1. The SMILES string of the molecule is [2H]c1sc(CN)c([2H])c1[2H]. The molecule has 0 bridgehead atoms. The van der Waals surface area contributed by atoms with E-state index in [9.17, 15) is 0 Å². The first-order valence-corrected chi connectivity index (χ1v) is 2.74. The van der Waals surface area contributed by atoms with E-state index in [-0.39, 0.29) is 24.0 Å². The summed E-state index contributed by atoms with van der Waals surface area (Å²) in [5, 5.41) is 0.130. The molecule has 2 heteroatoms. The Morgan fingerprint density at radius 3 is 3.14 bits per heavy atom. The fourth-order valence-electron chi connectivity index (χ4n) is 0.301. The lowest BCUT2D eigenvalue weighted by molar-refractivity contribution is 1.11. The number of thiophene rings is 1.